The Hall–Kier alpha value is -3.67. The summed E-state index contributed by atoms with van der Waals surface area (Å²) in [5.41, 5.74) is 2.81. The molecule has 0 saturated heterocycles. The molecule has 3 N–H and O–H groups in total. The van der Waals surface area contributed by atoms with Crippen LogP contribution in [-0.2, 0) is 27.2 Å². The molecule has 0 unspecified atom stereocenters. The summed E-state index contributed by atoms with van der Waals surface area (Å²) < 4.78 is 11.2. The smallest absolute Gasteiger partial charge is 0.328 e. The van der Waals surface area contributed by atoms with Gasteiger partial charge in [0.05, 0.1) is 23.4 Å². The van der Waals surface area contributed by atoms with Crippen LogP contribution in [0.1, 0.15) is 73.6 Å². The molecular formula is C33H46N8O5. The third-order valence-corrected chi connectivity index (χ3v) is 9.73. The average molecular weight is 635 g/mol. The number of carbonyl (C=O) groups is 2. The molecule has 6 rings (SSSR count). The number of rotatable bonds is 13. The maximum absolute atomic E-state index is 13.8. The summed E-state index contributed by atoms with van der Waals surface area (Å²) in [6.07, 6.45) is 7.91. The van der Waals surface area contributed by atoms with Crippen LogP contribution >= 0.6 is 0 Å². The monoisotopic (exact) mass is 634 g/mol. The Morgan fingerprint density at radius 1 is 1.15 bits per heavy atom. The number of urea groups is 1. The predicted molar refractivity (Wildman–Crippen MR) is 174 cm³/mol. The van der Waals surface area contributed by atoms with Gasteiger partial charge in [0.2, 0.25) is 6.29 Å². The van der Waals surface area contributed by atoms with Gasteiger partial charge in [-0.1, -0.05) is 0 Å². The highest BCUT2D eigenvalue weighted by Crippen LogP contribution is 2.48. The number of anilines is 3. The van der Waals surface area contributed by atoms with Gasteiger partial charge >= 0.3 is 6.03 Å². The van der Waals surface area contributed by atoms with Crippen molar-refractivity contribution in [1.29, 1.82) is 5.26 Å². The van der Waals surface area contributed by atoms with Crippen LogP contribution in [0.4, 0.5) is 22.1 Å². The molecule has 13 nitrogen and oxygen atoms in total. The van der Waals surface area contributed by atoms with Gasteiger partial charge < -0.3 is 29.6 Å². The highest BCUT2D eigenvalue weighted by Gasteiger charge is 2.47. The largest absolute Gasteiger partial charge is 0.390 e. The second-order valence-electron chi connectivity index (χ2n) is 13.0. The molecular weight excluding hydrogens is 588 g/mol. The van der Waals surface area contributed by atoms with Crippen LogP contribution in [0.3, 0.4) is 0 Å². The molecule has 3 aliphatic carbocycles. The molecule has 3 fully saturated rings. The second kappa shape index (κ2) is 14.4. The van der Waals surface area contributed by atoms with Crippen molar-refractivity contribution in [2.75, 3.05) is 70.0 Å². The zero-order valence-corrected chi connectivity index (χ0v) is 27.3. The van der Waals surface area contributed by atoms with Crippen molar-refractivity contribution in [3.63, 3.8) is 0 Å². The minimum absolute atomic E-state index is 0.179. The third kappa shape index (κ3) is 7.48. The number of nitrogens with one attached hydrogen (secondary N) is 2. The molecule has 1 aliphatic heterocycles. The van der Waals surface area contributed by atoms with E-state index in [1.54, 1.807) is 25.2 Å². The van der Waals surface area contributed by atoms with E-state index in [9.17, 15) is 20.0 Å². The minimum Gasteiger partial charge on any atom is -0.390 e. The van der Waals surface area contributed by atoms with Crippen LogP contribution in [0.5, 0.6) is 0 Å². The first-order chi connectivity index (χ1) is 22.1. The van der Waals surface area contributed by atoms with Gasteiger partial charge in [-0.2, -0.15) is 5.26 Å². The average Bonchev–Trinajstić information content (AvgIpc) is 3.05. The zero-order chi connectivity index (χ0) is 32.9. The lowest BCUT2D eigenvalue weighted by molar-refractivity contribution is -0.109. The number of aromatic nitrogens is 2. The number of carbonyl (C=O) groups excluding carboxylic acids is 2. The van der Waals surface area contributed by atoms with E-state index in [0.717, 1.165) is 81.9 Å². The van der Waals surface area contributed by atoms with Crippen molar-refractivity contribution in [3.05, 3.63) is 40.7 Å². The topological polar surface area (TPSA) is 156 Å². The summed E-state index contributed by atoms with van der Waals surface area (Å²) in [6, 6.07) is 5.66. The van der Waals surface area contributed by atoms with Crippen LogP contribution in [0.25, 0.3) is 0 Å². The van der Waals surface area contributed by atoms with Gasteiger partial charge in [-0.15, -0.1) is 0 Å². The van der Waals surface area contributed by atoms with Crippen LogP contribution in [-0.4, -0.2) is 103 Å². The van der Waals surface area contributed by atoms with Gasteiger partial charge in [0.25, 0.3) is 0 Å². The molecule has 0 spiro atoms. The number of nitrogens with zero attached hydrogens (tertiary/aromatic N) is 6. The van der Waals surface area contributed by atoms with Crippen LogP contribution in [0.2, 0.25) is 0 Å². The Labute approximate surface area is 270 Å². The fourth-order valence-corrected chi connectivity index (χ4v) is 6.87. The normalized spacial score (nSPS) is 22.2. The van der Waals surface area contributed by atoms with Crippen molar-refractivity contribution in [1.82, 2.24) is 19.8 Å². The van der Waals surface area contributed by atoms with E-state index in [1.807, 2.05) is 19.0 Å². The molecule has 13 heteroatoms. The Kier molecular flexibility index (Phi) is 10.5. The molecule has 2 bridgehead atoms. The molecule has 2 aromatic rings. The number of hydrogen-bond acceptors (Lipinski definition) is 11. The molecule has 0 radical (unpaired) electrons. The lowest BCUT2D eigenvalue weighted by Crippen LogP contribution is -2.53. The number of ether oxygens (including phenoxy) is 2. The molecule has 3 saturated carbocycles. The SMILES string of the molecule is COC(OC)c1nc2c(cc1CN(C)CCN(C)CC=O)CCCN2C(=O)Nc1cc(NC23CCC(O)(CC2)CC3)c(C#N)cn1. The summed E-state index contributed by atoms with van der Waals surface area (Å²) in [4.78, 5) is 39.7. The maximum Gasteiger partial charge on any atom is 0.328 e. The first-order valence-electron chi connectivity index (χ1n) is 16.0. The highest BCUT2D eigenvalue weighted by atomic mass is 16.7. The number of aldehydes is 1. The zero-order valence-electron chi connectivity index (χ0n) is 27.3. The quantitative estimate of drug-likeness (QED) is 0.219. The molecule has 4 aliphatic rings. The van der Waals surface area contributed by atoms with E-state index in [-0.39, 0.29) is 11.6 Å². The molecule has 3 heterocycles. The first kappa shape index (κ1) is 33.7. The Morgan fingerprint density at radius 2 is 1.85 bits per heavy atom. The van der Waals surface area contributed by atoms with Crippen molar-refractivity contribution in [3.8, 4) is 6.07 Å². The van der Waals surface area contributed by atoms with Gasteiger partial charge in [-0.3, -0.25) is 15.1 Å². The van der Waals surface area contributed by atoms with Gasteiger partial charge in [-0.25, -0.2) is 14.8 Å². The summed E-state index contributed by atoms with van der Waals surface area (Å²) in [5.74, 6) is 0.889. The molecule has 0 aromatic carbocycles. The number of nitriles is 1. The van der Waals surface area contributed by atoms with E-state index >= 15 is 0 Å². The highest BCUT2D eigenvalue weighted by molar-refractivity contribution is 6.01. The van der Waals surface area contributed by atoms with E-state index in [0.29, 0.717) is 48.2 Å². The van der Waals surface area contributed by atoms with E-state index in [2.05, 4.69) is 32.7 Å². The number of aryl methyl sites for hydroxylation is 1. The summed E-state index contributed by atoms with van der Waals surface area (Å²) in [7, 11) is 7.05. The van der Waals surface area contributed by atoms with E-state index in [1.165, 1.54) is 6.20 Å². The third-order valence-electron chi connectivity index (χ3n) is 9.73. The van der Waals surface area contributed by atoms with Crippen LogP contribution in [0.15, 0.2) is 18.3 Å². The minimum atomic E-state index is -0.720. The first-order valence-corrected chi connectivity index (χ1v) is 16.0. The van der Waals surface area contributed by atoms with Crippen molar-refractivity contribution in [2.45, 2.75) is 75.3 Å². The van der Waals surface area contributed by atoms with Gasteiger partial charge in [0.1, 0.15) is 29.7 Å². The fraction of sp³-hybridized carbons (Fsp3) is 0.606. The van der Waals surface area contributed by atoms with Crippen LogP contribution in [0, 0.1) is 11.3 Å². The fourth-order valence-electron chi connectivity index (χ4n) is 6.87. The Balaban J connectivity index is 1.35. The van der Waals surface area contributed by atoms with Gasteiger partial charge in [0, 0.05) is 58.2 Å². The summed E-state index contributed by atoms with van der Waals surface area (Å²) in [6.45, 7) is 2.93. The van der Waals surface area contributed by atoms with Crippen molar-refractivity contribution in [2.24, 2.45) is 0 Å². The van der Waals surface area contributed by atoms with Gasteiger partial charge in [0.15, 0.2) is 0 Å². The lowest BCUT2D eigenvalue weighted by Gasteiger charge is -2.51. The number of methoxy groups -OCH3 is 2. The second-order valence-corrected chi connectivity index (χ2v) is 13.0. The summed E-state index contributed by atoms with van der Waals surface area (Å²) in [5, 5.41) is 27.0. The van der Waals surface area contributed by atoms with Crippen LogP contribution < -0.4 is 15.5 Å². The number of hydrogen-bond donors (Lipinski definition) is 3. The van der Waals surface area contributed by atoms with Gasteiger partial charge in [-0.05, 0) is 82.7 Å². The number of fused-ring (bicyclic) bond motifs is 4. The molecule has 46 heavy (non-hydrogen) atoms. The van der Waals surface area contributed by atoms with Crippen molar-refractivity contribution < 1.29 is 24.2 Å². The van der Waals surface area contributed by atoms with Crippen molar-refractivity contribution >= 4 is 29.6 Å². The molecule has 248 valence electrons. The Morgan fingerprint density at radius 3 is 2.50 bits per heavy atom. The number of aliphatic hydroxyl groups is 1. The maximum atomic E-state index is 13.8. The Bertz CT molecular complexity index is 1430. The van der Waals surface area contributed by atoms with E-state index < -0.39 is 11.9 Å². The summed E-state index contributed by atoms with van der Waals surface area (Å²) >= 11 is 0. The van der Waals surface area contributed by atoms with E-state index in [4.69, 9.17) is 14.5 Å². The standard InChI is InChI=1S/C33H46N8O5/c1-39(16-17-42)14-15-40(2)22-24-18-23-6-5-13-41(29(23)37-28(24)30(45-3)46-4)31(43)36-27-19-26(25(20-34)21-35-27)38-32-7-10-33(44,11-8-32)12-9-32/h17-19,21,30,44H,5-16,22H2,1-4H3,(H2,35,36,38,43). The number of pyridine rings is 2. The molecule has 2 aromatic heterocycles. The number of likely N-dealkylation sites (N-methyl/N-ethyl adjacent to an activating group) is 2. The lowest BCUT2D eigenvalue weighted by atomic mass is 9.63. The predicted octanol–water partition coefficient (Wildman–Crippen LogP) is 3.44. The number of amides is 2. The molecule has 0 atom stereocenters. The molecule has 2 amide bonds.